The summed E-state index contributed by atoms with van der Waals surface area (Å²) in [6, 6.07) is -0.167. The number of rotatable bonds is 5. The summed E-state index contributed by atoms with van der Waals surface area (Å²) in [7, 11) is 0. The molecule has 0 aromatic rings. The van der Waals surface area contributed by atoms with Gasteiger partial charge in [0, 0.05) is 5.92 Å². The van der Waals surface area contributed by atoms with Crippen LogP contribution in [0.5, 0.6) is 0 Å². The van der Waals surface area contributed by atoms with E-state index in [-0.39, 0.29) is 12.1 Å². The van der Waals surface area contributed by atoms with Gasteiger partial charge in [0.25, 0.3) is 0 Å². The minimum absolute atomic E-state index is 0.0834. The number of hydrogen-bond acceptors (Lipinski definition) is 4. The monoisotopic (exact) mass is 221 g/mol. The molecule has 0 aliphatic heterocycles. The zero-order valence-electron chi connectivity index (χ0n) is 9.61. The second-order valence-electron chi connectivity index (χ2n) is 4.08. The average Bonchev–Trinajstić information content (AvgIpc) is 2.29. The number of isocyanates is 2. The van der Waals surface area contributed by atoms with Crippen molar-refractivity contribution < 1.29 is 9.59 Å². The highest BCUT2D eigenvalue weighted by Gasteiger charge is 2.33. The van der Waals surface area contributed by atoms with Gasteiger partial charge in [0.2, 0.25) is 12.2 Å². The van der Waals surface area contributed by atoms with Gasteiger partial charge in [0.05, 0.1) is 12.1 Å². The lowest BCUT2D eigenvalue weighted by atomic mass is 9.78. The van der Waals surface area contributed by atoms with Crippen LogP contribution in [-0.4, -0.2) is 24.2 Å². The van der Waals surface area contributed by atoms with Crippen molar-refractivity contribution in [1.29, 1.82) is 0 Å². The molecule has 1 saturated carbocycles. The standard InChI is InChI=1S/C12H17N2O2/c1-2-3-5-10-11(13-8-15)6-4-7-12(10)14-9-16/h11-12H,2-7H2,1H3. The van der Waals surface area contributed by atoms with E-state index in [4.69, 9.17) is 0 Å². The fourth-order valence-electron chi connectivity index (χ4n) is 2.23. The van der Waals surface area contributed by atoms with E-state index < -0.39 is 0 Å². The summed E-state index contributed by atoms with van der Waals surface area (Å²) in [6.07, 6.45) is 8.95. The van der Waals surface area contributed by atoms with E-state index in [1.807, 2.05) is 0 Å². The van der Waals surface area contributed by atoms with Crippen LogP contribution in [-0.2, 0) is 9.59 Å². The van der Waals surface area contributed by atoms with Gasteiger partial charge in [-0.1, -0.05) is 19.8 Å². The third-order valence-electron chi connectivity index (χ3n) is 3.05. The SMILES string of the molecule is CCCC[C]1C(N=C=O)CCCC1N=C=O. The van der Waals surface area contributed by atoms with Crippen molar-refractivity contribution in [3.8, 4) is 0 Å². The molecule has 1 fully saturated rings. The molecule has 0 bridgehead atoms. The smallest absolute Gasteiger partial charge is 0.211 e. The highest BCUT2D eigenvalue weighted by atomic mass is 16.1. The molecule has 16 heavy (non-hydrogen) atoms. The van der Waals surface area contributed by atoms with Gasteiger partial charge >= 0.3 is 0 Å². The first-order valence-electron chi connectivity index (χ1n) is 5.83. The quantitative estimate of drug-likeness (QED) is 0.528. The van der Waals surface area contributed by atoms with Crippen molar-refractivity contribution in [2.75, 3.05) is 0 Å². The Hall–Kier alpha value is -1.24. The highest BCUT2D eigenvalue weighted by Crippen LogP contribution is 2.34. The molecule has 1 aliphatic rings. The van der Waals surface area contributed by atoms with Crippen molar-refractivity contribution in [3.63, 3.8) is 0 Å². The second-order valence-corrected chi connectivity index (χ2v) is 4.08. The fourth-order valence-corrected chi connectivity index (χ4v) is 2.23. The lowest BCUT2D eigenvalue weighted by Gasteiger charge is -2.31. The minimum atomic E-state index is -0.0834. The van der Waals surface area contributed by atoms with Crippen molar-refractivity contribution >= 4 is 12.2 Å². The summed E-state index contributed by atoms with van der Waals surface area (Å²) < 4.78 is 0. The molecule has 0 spiro atoms. The summed E-state index contributed by atoms with van der Waals surface area (Å²) in [5.41, 5.74) is 0. The lowest BCUT2D eigenvalue weighted by Crippen LogP contribution is -2.32. The topological polar surface area (TPSA) is 58.9 Å². The van der Waals surface area contributed by atoms with Crippen LogP contribution in [0.2, 0.25) is 0 Å². The lowest BCUT2D eigenvalue weighted by molar-refractivity contribution is 0.399. The molecule has 0 aromatic carbocycles. The maximum atomic E-state index is 10.3. The summed E-state index contributed by atoms with van der Waals surface area (Å²) in [4.78, 5) is 28.3. The van der Waals surface area contributed by atoms with Crippen LogP contribution < -0.4 is 0 Å². The summed E-state index contributed by atoms with van der Waals surface area (Å²) in [5, 5.41) is 0. The number of carbonyl (C=O) groups excluding carboxylic acids is 2. The number of nitrogens with zero attached hydrogens (tertiary/aromatic N) is 2. The molecule has 0 amide bonds. The molecule has 1 aliphatic carbocycles. The molecule has 1 radical (unpaired) electrons. The molecule has 0 saturated heterocycles. The molecular weight excluding hydrogens is 204 g/mol. The molecule has 2 atom stereocenters. The van der Waals surface area contributed by atoms with Crippen LogP contribution in [0.4, 0.5) is 0 Å². The van der Waals surface area contributed by atoms with Gasteiger partial charge in [-0.3, -0.25) is 0 Å². The number of unbranched alkanes of at least 4 members (excludes halogenated alkanes) is 1. The van der Waals surface area contributed by atoms with Gasteiger partial charge in [0.1, 0.15) is 0 Å². The zero-order chi connectivity index (χ0) is 11.8. The van der Waals surface area contributed by atoms with E-state index in [0.29, 0.717) is 0 Å². The first-order chi connectivity index (χ1) is 7.83. The molecule has 4 nitrogen and oxygen atoms in total. The van der Waals surface area contributed by atoms with Crippen molar-refractivity contribution in [2.45, 2.75) is 57.5 Å². The van der Waals surface area contributed by atoms with Crippen LogP contribution in [0.1, 0.15) is 45.4 Å². The van der Waals surface area contributed by atoms with Gasteiger partial charge < -0.3 is 0 Å². The first kappa shape index (κ1) is 12.8. The molecule has 0 aromatic heterocycles. The Morgan fingerprint density at radius 1 is 1.19 bits per heavy atom. The van der Waals surface area contributed by atoms with E-state index in [9.17, 15) is 9.59 Å². The average molecular weight is 221 g/mol. The largest absolute Gasteiger partial charge is 0.235 e. The Balaban J connectivity index is 2.74. The van der Waals surface area contributed by atoms with E-state index in [2.05, 4.69) is 16.9 Å². The Morgan fingerprint density at radius 2 is 1.75 bits per heavy atom. The molecule has 4 heteroatoms. The van der Waals surface area contributed by atoms with Crippen LogP contribution in [0.15, 0.2) is 9.98 Å². The fraction of sp³-hybridized carbons (Fsp3) is 0.750. The maximum absolute atomic E-state index is 10.3. The third kappa shape index (κ3) is 3.41. The molecular formula is C12H17N2O2. The molecule has 87 valence electrons. The van der Waals surface area contributed by atoms with Crippen LogP contribution in [0.3, 0.4) is 0 Å². The molecule has 2 unspecified atom stereocenters. The summed E-state index contributed by atoms with van der Waals surface area (Å²) in [6.45, 7) is 2.11. The van der Waals surface area contributed by atoms with Gasteiger partial charge in [-0.15, -0.1) is 0 Å². The Bertz CT molecular complexity index is 278. The van der Waals surface area contributed by atoms with Gasteiger partial charge in [-0.25, -0.2) is 19.6 Å². The first-order valence-corrected chi connectivity index (χ1v) is 5.83. The molecule has 1 rings (SSSR count). The Kier molecular flexibility index (Phi) is 5.69. The van der Waals surface area contributed by atoms with E-state index in [0.717, 1.165) is 44.4 Å². The Morgan fingerprint density at radius 3 is 2.19 bits per heavy atom. The van der Waals surface area contributed by atoms with Gasteiger partial charge in [-0.05, 0) is 25.7 Å². The van der Waals surface area contributed by atoms with E-state index in [1.54, 1.807) is 12.2 Å². The van der Waals surface area contributed by atoms with Crippen LogP contribution in [0.25, 0.3) is 0 Å². The van der Waals surface area contributed by atoms with Gasteiger partial charge in [-0.2, -0.15) is 0 Å². The van der Waals surface area contributed by atoms with Crippen molar-refractivity contribution in [2.24, 2.45) is 9.98 Å². The molecule has 0 N–H and O–H groups in total. The van der Waals surface area contributed by atoms with Crippen molar-refractivity contribution in [1.82, 2.24) is 0 Å². The maximum Gasteiger partial charge on any atom is 0.235 e. The normalized spacial score (nSPS) is 25.6. The van der Waals surface area contributed by atoms with Crippen molar-refractivity contribution in [3.05, 3.63) is 5.92 Å². The summed E-state index contributed by atoms with van der Waals surface area (Å²) >= 11 is 0. The second kappa shape index (κ2) is 7.10. The predicted molar refractivity (Wildman–Crippen MR) is 60.4 cm³/mol. The van der Waals surface area contributed by atoms with E-state index in [1.165, 1.54) is 0 Å². The zero-order valence-corrected chi connectivity index (χ0v) is 9.61. The highest BCUT2D eigenvalue weighted by molar-refractivity contribution is 5.38. The van der Waals surface area contributed by atoms with E-state index >= 15 is 0 Å². The third-order valence-corrected chi connectivity index (χ3v) is 3.05. The van der Waals surface area contributed by atoms with Crippen LogP contribution >= 0.6 is 0 Å². The van der Waals surface area contributed by atoms with Gasteiger partial charge in [0.15, 0.2) is 0 Å². The number of hydrogen-bond donors (Lipinski definition) is 0. The summed E-state index contributed by atoms with van der Waals surface area (Å²) in [5.74, 6) is 1.11. The molecule has 0 heterocycles. The number of aliphatic imine (C=N–C) groups is 2. The predicted octanol–water partition coefficient (Wildman–Crippen LogP) is 2.34. The Labute approximate surface area is 95.9 Å². The minimum Gasteiger partial charge on any atom is -0.211 e. The van der Waals surface area contributed by atoms with Crippen LogP contribution in [0, 0.1) is 5.92 Å².